The quantitative estimate of drug-likeness (QED) is 0.455. The zero-order valence-electron chi connectivity index (χ0n) is 21.2. The van der Waals surface area contributed by atoms with Gasteiger partial charge in [0.05, 0.1) is 17.4 Å². The fourth-order valence-corrected chi connectivity index (χ4v) is 7.21. The Kier molecular flexibility index (Phi) is 7.10. The van der Waals surface area contributed by atoms with Gasteiger partial charge in [-0.15, -0.1) is 0 Å². The molecule has 196 valence electrons. The average Bonchev–Trinajstić information content (AvgIpc) is 3.44. The van der Waals surface area contributed by atoms with Crippen molar-refractivity contribution in [1.29, 1.82) is 0 Å². The summed E-state index contributed by atoms with van der Waals surface area (Å²) in [6.07, 6.45) is 8.65. The number of unbranched alkanes of at least 4 members (excludes halogenated alkanes) is 2. The number of anilines is 1. The Hall–Kier alpha value is -2.45. The lowest BCUT2D eigenvalue weighted by Crippen LogP contribution is -2.57. The van der Waals surface area contributed by atoms with Crippen LogP contribution in [0.2, 0.25) is 0 Å². The summed E-state index contributed by atoms with van der Waals surface area (Å²) >= 11 is 0. The summed E-state index contributed by atoms with van der Waals surface area (Å²) in [6, 6.07) is 8.65. The highest BCUT2D eigenvalue weighted by Gasteiger charge is 2.77. The monoisotopic (exact) mass is 497 g/mol. The van der Waals surface area contributed by atoms with Crippen LogP contribution in [0, 0.1) is 11.8 Å². The Morgan fingerprint density at radius 3 is 2.53 bits per heavy atom. The van der Waals surface area contributed by atoms with E-state index < -0.39 is 29.1 Å². The minimum Gasteiger partial charge on any atom is -0.396 e. The van der Waals surface area contributed by atoms with E-state index in [1.54, 1.807) is 4.90 Å². The molecule has 0 aromatic heterocycles. The van der Waals surface area contributed by atoms with Crippen molar-refractivity contribution >= 4 is 23.4 Å². The van der Waals surface area contributed by atoms with Gasteiger partial charge in [0.15, 0.2) is 0 Å². The summed E-state index contributed by atoms with van der Waals surface area (Å²) in [7, 11) is 0. The zero-order chi connectivity index (χ0) is 25.3. The van der Waals surface area contributed by atoms with Crippen molar-refractivity contribution in [2.45, 2.75) is 94.4 Å². The third-order valence-corrected chi connectivity index (χ3v) is 8.86. The first-order valence-corrected chi connectivity index (χ1v) is 13.7. The van der Waals surface area contributed by atoms with Crippen molar-refractivity contribution in [3.63, 3.8) is 0 Å². The molecule has 3 saturated heterocycles. The number of hydrogen-bond donors (Lipinski definition) is 3. The molecular weight excluding hydrogens is 458 g/mol. The summed E-state index contributed by atoms with van der Waals surface area (Å²) in [4.78, 5) is 43.1. The summed E-state index contributed by atoms with van der Waals surface area (Å²) in [6.45, 7) is 2.45. The number of carbonyl (C=O) groups excluding carboxylic acids is 3. The average molecular weight is 498 g/mol. The maximum absolute atomic E-state index is 14.0. The van der Waals surface area contributed by atoms with E-state index in [0.717, 1.165) is 32.1 Å². The summed E-state index contributed by atoms with van der Waals surface area (Å²) in [5, 5.41) is 15.4. The molecule has 1 aromatic rings. The van der Waals surface area contributed by atoms with Crippen LogP contribution in [0.25, 0.3) is 0 Å². The molecule has 2 bridgehead atoms. The number of nitrogens with zero attached hydrogens (tertiary/aromatic N) is 1. The van der Waals surface area contributed by atoms with E-state index in [-0.39, 0.29) is 30.4 Å². The second-order valence-electron chi connectivity index (χ2n) is 11.2. The van der Waals surface area contributed by atoms with Gasteiger partial charge in [-0.3, -0.25) is 14.4 Å². The summed E-state index contributed by atoms with van der Waals surface area (Å²) in [5.74, 6) is -1.86. The molecule has 3 N–H and O–H groups in total. The maximum Gasteiger partial charge on any atom is 0.246 e. The van der Waals surface area contributed by atoms with Crippen LogP contribution in [0.3, 0.4) is 0 Å². The van der Waals surface area contributed by atoms with Gasteiger partial charge in [-0.05, 0) is 64.0 Å². The van der Waals surface area contributed by atoms with Gasteiger partial charge in [-0.25, -0.2) is 0 Å². The SMILES string of the molecule is C[C@]12CCC3(O1)C(C(=O)NC1CCCCC1)N(CCCCCO)C(=O)[C@@H]3[C@H]2C(=O)Nc1ccccc1. The topological polar surface area (TPSA) is 108 Å². The third-order valence-electron chi connectivity index (χ3n) is 8.86. The van der Waals surface area contributed by atoms with Crippen LogP contribution in [0.4, 0.5) is 5.69 Å². The fourth-order valence-electron chi connectivity index (χ4n) is 7.21. The molecule has 2 unspecified atom stereocenters. The fraction of sp³-hybridized carbons (Fsp3) is 0.679. The van der Waals surface area contributed by atoms with Crippen molar-refractivity contribution in [1.82, 2.24) is 10.2 Å². The molecule has 8 nitrogen and oxygen atoms in total. The minimum atomic E-state index is -0.986. The van der Waals surface area contributed by atoms with E-state index in [1.807, 2.05) is 37.3 Å². The van der Waals surface area contributed by atoms with E-state index in [9.17, 15) is 19.5 Å². The number of carbonyl (C=O) groups is 3. The van der Waals surface area contributed by atoms with Gasteiger partial charge in [0.25, 0.3) is 0 Å². The highest BCUT2D eigenvalue weighted by Crippen LogP contribution is 2.63. The molecule has 3 heterocycles. The number of amides is 3. The van der Waals surface area contributed by atoms with Crippen LogP contribution < -0.4 is 10.6 Å². The second kappa shape index (κ2) is 10.1. The molecule has 1 spiro atoms. The molecule has 4 fully saturated rings. The molecule has 5 rings (SSSR count). The number of ether oxygens (including phenoxy) is 1. The smallest absolute Gasteiger partial charge is 0.246 e. The van der Waals surface area contributed by atoms with Gasteiger partial charge in [0, 0.05) is 24.9 Å². The lowest BCUT2D eigenvalue weighted by molar-refractivity contribution is -0.145. The molecule has 5 atom stereocenters. The molecule has 8 heteroatoms. The molecule has 3 amide bonds. The van der Waals surface area contributed by atoms with Crippen LogP contribution in [0.5, 0.6) is 0 Å². The number of likely N-dealkylation sites (tertiary alicyclic amines) is 1. The number of hydrogen-bond acceptors (Lipinski definition) is 5. The van der Waals surface area contributed by atoms with Crippen LogP contribution in [-0.2, 0) is 19.1 Å². The predicted octanol–water partition coefficient (Wildman–Crippen LogP) is 3.00. The van der Waals surface area contributed by atoms with Crippen LogP contribution >= 0.6 is 0 Å². The molecule has 0 radical (unpaired) electrons. The van der Waals surface area contributed by atoms with Crippen molar-refractivity contribution in [2.75, 3.05) is 18.5 Å². The lowest BCUT2D eigenvalue weighted by atomic mass is 9.66. The number of aliphatic hydroxyl groups excluding tert-OH is 1. The number of aliphatic hydroxyl groups is 1. The summed E-state index contributed by atoms with van der Waals surface area (Å²) < 4.78 is 6.67. The second-order valence-corrected chi connectivity index (χ2v) is 11.2. The van der Waals surface area contributed by atoms with E-state index in [4.69, 9.17) is 4.74 Å². The number of rotatable bonds is 9. The highest BCUT2D eigenvalue weighted by molar-refractivity contribution is 6.02. The van der Waals surface area contributed by atoms with Gasteiger partial charge >= 0.3 is 0 Å². The Labute approximate surface area is 213 Å². The van der Waals surface area contributed by atoms with Crippen LogP contribution in [0.15, 0.2) is 30.3 Å². The normalized spacial score (nSPS) is 33.6. The molecule has 3 aliphatic heterocycles. The van der Waals surface area contributed by atoms with Gasteiger partial charge in [0.1, 0.15) is 11.6 Å². The van der Waals surface area contributed by atoms with Crippen LogP contribution in [-0.4, -0.2) is 64.2 Å². The Bertz CT molecular complexity index is 981. The molecule has 4 aliphatic rings. The van der Waals surface area contributed by atoms with Gasteiger partial charge in [0.2, 0.25) is 17.7 Å². The van der Waals surface area contributed by atoms with Crippen molar-refractivity contribution in [3.05, 3.63) is 30.3 Å². The van der Waals surface area contributed by atoms with Gasteiger partial charge < -0.3 is 25.4 Å². The highest BCUT2D eigenvalue weighted by atomic mass is 16.5. The van der Waals surface area contributed by atoms with Crippen LogP contribution in [0.1, 0.15) is 71.1 Å². The van der Waals surface area contributed by atoms with Crippen molar-refractivity contribution in [2.24, 2.45) is 11.8 Å². The molecular formula is C28H39N3O5. The van der Waals surface area contributed by atoms with E-state index >= 15 is 0 Å². The largest absolute Gasteiger partial charge is 0.396 e. The Morgan fingerprint density at radius 2 is 1.81 bits per heavy atom. The number of nitrogens with one attached hydrogen (secondary N) is 2. The molecule has 36 heavy (non-hydrogen) atoms. The van der Waals surface area contributed by atoms with E-state index in [1.165, 1.54) is 6.42 Å². The first-order valence-electron chi connectivity index (χ1n) is 13.7. The molecule has 1 aromatic carbocycles. The van der Waals surface area contributed by atoms with E-state index in [0.29, 0.717) is 37.9 Å². The molecule has 1 saturated carbocycles. The van der Waals surface area contributed by atoms with Gasteiger partial charge in [-0.2, -0.15) is 0 Å². The predicted molar refractivity (Wildman–Crippen MR) is 135 cm³/mol. The number of para-hydroxylation sites is 1. The number of fused-ring (bicyclic) bond motifs is 1. The Morgan fingerprint density at radius 1 is 1.06 bits per heavy atom. The lowest BCUT2D eigenvalue weighted by Gasteiger charge is -2.35. The standard InChI is InChI=1S/C28H39N3O5/c1-27-15-16-28(36-27)22(21(27)24(33)29-19-11-5-2-6-12-19)26(35)31(17-9-4-10-18-32)23(28)25(34)30-20-13-7-3-8-14-20/h2,5-6,11-12,20-23,32H,3-4,7-10,13-18H2,1H3,(H,29,33)(H,30,34)/t21-,22-,23?,27+,28?/m0/s1. The van der Waals surface area contributed by atoms with Gasteiger partial charge in [-0.1, -0.05) is 37.5 Å². The van der Waals surface area contributed by atoms with E-state index in [2.05, 4.69) is 10.6 Å². The molecule has 1 aliphatic carbocycles. The zero-order valence-corrected chi connectivity index (χ0v) is 21.2. The number of benzene rings is 1. The maximum atomic E-state index is 14.0. The Balaban J connectivity index is 1.43. The van der Waals surface area contributed by atoms with Crippen molar-refractivity contribution in [3.8, 4) is 0 Å². The first-order chi connectivity index (χ1) is 17.4. The third kappa shape index (κ3) is 4.32. The minimum absolute atomic E-state index is 0.106. The summed E-state index contributed by atoms with van der Waals surface area (Å²) in [5.41, 5.74) is -1.09. The first kappa shape index (κ1) is 25.2. The van der Waals surface area contributed by atoms with Crippen molar-refractivity contribution < 1.29 is 24.2 Å².